The minimum atomic E-state index is -1.60. The summed E-state index contributed by atoms with van der Waals surface area (Å²) in [5, 5.41) is 5.18. The highest BCUT2D eigenvalue weighted by Crippen LogP contribution is 2.41. The van der Waals surface area contributed by atoms with Gasteiger partial charge < -0.3 is 15.2 Å². The number of carbonyl (C=O) groups excluding carboxylic acids is 1. The number of halogens is 3. The van der Waals surface area contributed by atoms with Crippen molar-refractivity contribution in [3.63, 3.8) is 0 Å². The van der Waals surface area contributed by atoms with Crippen molar-refractivity contribution in [2.24, 2.45) is 10.8 Å². The Bertz CT molecular complexity index is 970. The molecule has 0 saturated carbocycles. The van der Waals surface area contributed by atoms with Crippen molar-refractivity contribution in [1.82, 2.24) is 5.01 Å². The number of nitrogens with two attached hydrogens (primary N) is 1. The number of methoxy groups -OCH3 is 1. The summed E-state index contributed by atoms with van der Waals surface area (Å²) in [6.07, 6.45) is -0.394. The van der Waals surface area contributed by atoms with E-state index in [-0.39, 0.29) is 30.0 Å². The van der Waals surface area contributed by atoms with Gasteiger partial charge in [0.05, 0.1) is 5.56 Å². The van der Waals surface area contributed by atoms with Crippen LogP contribution in [-0.2, 0) is 20.0 Å². The lowest BCUT2D eigenvalue weighted by molar-refractivity contribution is -0.162. The van der Waals surface area contributed by atoms with Gasteiger partial charge in [0.25, 0.3) is 5.91 Å². The topological polar surface area (TPSA) is 77.1 Å². The van der Waals surface area contributed by atoms with Crippen LogP contribution >= 0.6 is 0 Å². The Kier molecular flexibility index (Phi) is 6.42. The van der Waals surface area contributed by atoms with E-state index in [1.54, 1.807) is 6.07 Å². The number of rotatable bonds is 7. The Morgan fingerprint density at radius 3 is 2.63 bits per heavy atom. The fourth-order valence-electron chi connectivity index (χ4n) is 3.22. The van der Waals surface area contributed by atoms with E-state index in [2.05, 4.69) is 5.10 Å². The van der Waals surface area contributed by atoms with Crippen LogP contribution in [0.1, 0.15) is 30.9 Å². The van der Waals surface area contributed by atoms with Crippen LogP contribution in [0.2, 0.25) is 0 Å². The molecule has 6 nitrogen and oxygen atoms in total. The van der Waals surface area contributed by atoms with Crippen LogP contribution in [0.25, 0.3) is 0 Å². The predicted molar refractivity (Wildman–Crippen MR) is 104 cm³/mol. The second-order valence-corrected chi connectivity index (χ2v) is 6.85. The maximum absolute atomic E-state index is 14.4. The molecule has 0 fully saturated rings. The molecule has 0 bridgehead atoms. The van der Waals surface area contributed by atoms with Gasteiger partial charge in [0.15, 0.2) is 0 Å². The molecule has 0 aromatic heterocycles. The average molecular weight is 421 g/mol. The Labute approximate surface area is 172 Å². The van der Waals surface area contributed by atoms with Crippen LogP contribution < -0.4 is 5.73 Å². The van der Waals surface area contributed by atoms with Gasteiger partial charge in [-0.1, -0.05) is 12.1 Å². The number of ether oxygens (including phenoxy) is 2. The highest BCUT2D eigenvalue weighted by molar-refractivity contribution is 5.97. The molecule has 30 heavy (non-hydrogen) atoms. The van der Waals surface area contributed by atoms with Crippen LogP contribution in [-0.4, -0.2) is 36.6 Å². The van der Waals surface area contributed by atoms with Crippen LogP contribution in [0, 0.1) is 17.5 Å². The zero-order valence-corrected chi connectivity index (χ0v) is 16.6. The van der Waals surface area contributed by atoms with Gasteiger partial charge in [-0.05, 0) is 50.2 Å². The predicted octanol–water partition coefficient (Wildman–Crippen LogP) is 3.25. The number of carbonyl (C=O) groups is 1. The number of nitrogens with zero attached hydrogens (tertiary/aromatic N) is 2. The smallest absolute Gasteiger partial charge is 0.275 e. The lowest BCUT2D eigenvalue weighted by Crippen LogP contribution is -2.48. The fraction of sp³-hybridized carbons (Fsp3) is 0.333. The lowest BCUT2D eigenvalue weighted by atomic mass is 9.95. The van der Waals surface area contributed by atoms with Crippen LogP contribution in [0.3, 0.4) is 0 Å². The van der Waals surface area contributed by atoms with Gasteiger partial charge in [-0.25, -0.2) is 13.2 Å². The maximum Gasteiger partial charge on any atom is 0.275 e. The van der Waals surface area contributed by atoms with E-state index in [0.29, 0.717) is 6.42 Å². The SMILES string of the molecule is CO[C@@H](C)C(=O)N1N=C(c2cc(F)ccc2F)OC1(CCCN)c1cccc(F)c1. The molecule has 3 rings (SSSR count). The Morgan fingerprint density at radius 2 is 1.97 bits per heavy atom. The molecule has 1 heterocycles. The van der Waals surface area contributed by atoms with Crippen molar-refractivity contribution >= 4 is 11.8 Å². The molecule has 2 aromatic carbocycles. The summed E-state index contributed by atoms with van der Waals surface area (Å²) >= 11 is 0. The Hall–Kier alpha value is -2.91. The van der Waals surface area contributed by atoms with Gasteiger partial charge in [0, 0.05) is 19.1 Å². The summed E-state index contributed by atoms with van der Waals surface area (Å²) < 4.78 is 53.4. The summed E-state index contributed by atoms with van der Waals surface area (Å²) in [7, 11) is 1.35. The molecule has 2 aromatic rings. The first-order valence-corrected chi connectivity index (χ1v) is 9.38. The number of hydrogen-bond donors (Lipinski definition) is 1. The number of hydrogen-bond acceptors (Lipinski definition) is 5. The molecular formula is C21H22F3N3O3. The Balaban J connectivity index is 2.18. The van der Waals surface area contributed by atoms with E-state index in [1.807, 2.05) is 0 Å². The molecule has 1 unspecified atom stereocenters. The molecule has 2 atom stereocenters. The fourth-order valence-corrected chi connectivity index (χ4v) is 3.22. The molecule has 1 amide bonds. The molecule has 0 radical (unpaired) electrons. The van der Waals surface area contributed by atoms with Gasteiger partial charge in [-0.3, -0.25) is 4.79 Å². The molecule has 9 heteroatoms. The third kappa shape index (κ3) is 4.03. The summed E-state index contributed by atoms with van der Waals surface area (Å²) in [4.78, 5) is 13.1. The summed E-state index contributed by atoms with van der Waals surface area (Å²) in [5.41, 5.74) is 4.09. The van der Waals surface area contributed by atoms with Crippen LogP contribution in [0.15, 0.2) is 47.6 Å². The number of hydrazone groups is 1. The van der Waals surface area contributed by atoms with Gasteiger partial charge in [-0.2, -0.15) is 5.01 Å². The molecule has 0 aliphatic carbocycles. The zero-order valence-electron chi connectivity index (χ0n) is 16.6. The monoisotopic (exact) mass is 421 g/mol. The normalized spacial score (nSPS) is 19.4. The van der Waals surface area contributed by atoms with E-state index >= 15 is 0 Å². The van der Waals surface area contributed by atoms with Crippen molar-refractivity contribution in [3.05, 3.63) is 71.0 Å². The van der Waals surface area contributed by atoms with Crippen LogP contribution in [0.4, 0.5) is 13.2 Å². The molecule has 0 saturated heterocycles. The first kappa shape index (κ1) is 21.8. The summed E-state index contributed by atoms with van der Waals surface area (Å²) in [6, 6.07) is 8.28. The van der Waals surface area contributed by atoms with Crippen molar-refractivity contribution in [2.45, 2.75) is 31.6 Å². The zero-order chi connectivity index (χ0) is 21.9. The molecule has 160 valence electrons. The van der Waals surface area contributed by atoms with E-state index < -0.39 is 35.2 Å². The van der Waals surface area contributed by atoms with Gasteiger partial charge in [0.1, 0.15) is 23.6 Å². The van der Waals surface area contributed by atoms with Crippen LogP contribution in [0.5, 0.6) is 0 Å². The molecule has 0 spiro atoms. The Morgan fingerprint density at radius 1 is 1.23 bits per heavy atom. The number of benzene rings is 2. The molecular weight excluding hydrogens is 399 g/mol. The van der Waals surface area contributed by atoms with E-state index in [9.17, 15) is 18.0 Å². The van der Waals surface area contributed by atoms with Gasteiger partial charge >= 0.3 is 0 Å². The lowest BCUT2D eigenvalue weighted by Gasteiger charge is -2.36. The molecule has 1 aliphatic heterocycles. The second-order valence-electron chi connectivity index (χ2n) is 6.85. The van der Waals surface area contributed by atoms with Crippen molar-refractivity contribution in [1.29, 1.82) is 0 Å². The third-order valence-electron chi connectivity index (χ3n) is 4.86. The maximum atomic E-state index is 14.4. The number of amides is 1. The summed E-state index contributed by atoms with van der Waals surface area (Å²) in [5.74, 6) is -2.93. The average Bonchev–Trinajstić information content (AvgIpc) is 3.13. The minimum Gasteiger partial charge on any atom is -0.443 e. The first-order chi connectivity index (χ1) is 14.3. The first-order valence-electron chi connectivity index (χ1n) is 9.38. The molecule has 1 aliphatic rings. The van der Waals surface area contributed by atoms with Gasteiger partial charge in [-0.15, -0.1) is 5.10 Å². The van der Waals surface area contributed by atoms with Crippen molar-refractivity contribution in [3.8, 4) is 0 Å². The highest BCUT2D eigenvalue weighted by Gasteiger charge is 2.51. The van der Waals surface area contributed by atoms with Crippen molar-refractivity contribution in [2.75, 3.05) is 13.7 Å². The van der Waals surface area contributed by atoms with Gasteiger partial charge in [0.2, 0.25) is 11.6 Å². The minimum absolute atomic E-state index is 0.138. The molecule has 2 N–H and O–H groups in total. The van der Waals surface area contributed by atoms with Crippen molar-refractivity contribution < 1.29 is 27.4 Å². The van der Waals surface area contributed by atoms with E-state index in [1.165, 1.54) is 32.2 Å². The quantitative estimate of drug-likeness (QED) is 0.745. The second kappa shape index (κ2) is 8.85. The standard InChI is InChI=1S/C21H22F3N3O3/c1-13(29-2)20(28)27-21(9-4-10-25,14-5-3-6-15(22)11-14)30-19(26-27)17-12-16(23)7-8-18(17)24/h3,5-8,11-13H,4,9-10,25H2,1-2H3/t13-,21?/m0/s1. The summed E-state index contributed by atoms with van der Waals surface area (Å²) in [6.45, 7) is 1.77. The van der Waals surface area contributed by atoms with E-state index in [4.69, 9.17) is 15.2 Å². The van der Waals surface area contributed by atoms with E-state index in [0.717, 1.165) is 23.2 Å². The third-order valence-corrected chi connectivity index (χ3v) is 4.86. The largest absolute Gasteiger partial charge is 0.443 e. The highest BCUT2D eigenvalue weighted by atomic mass is 19.1.